The van der Waals surface area contributed by atoms with E-state index in [1.54, 1.807) is 52.4 Å². The van der Waals surface area contributed by atoms with Gasteiger partial charge >= 0.3 is 0 Å². The minimum Gasteiger partial charge on any atom is -0.338 e. The summed E-state index contributed by atoms with van der Waals surface area (Å²) in [5.41, 5.74) is 1.08. The molecule has 1 N–H and O–H groups in total. The number of anilines is 1. The number of nitrogens with one attached hydrogen (secondary N) is 1. The van der Waals surface area contributed by atoms with E-state index >= 15 is 0 Å². The van der Waals surface area contributed by atoms with Gasteiger partial charge in [0.05, 0.1) is 11.8 Å². The fourth-order valence-electron chi connectivity index (χ4n) is 4.10. The Morgan fingerprint density at radius 2 is 1.96 bits per heavy atom. The summed E-state index contributed by atoms with van der Waals surface area (Å²) in [5, 5.41) is 7.34. The van der Waals surface area contributed by atoms with Gasteiger partial charge in [-0.2, -0.15) is 5.10 Å². The molecule has 0 unspecified atom stereocenters. The number of carbonyl (C=O) groups excluding carboxylic acids is 2. The van der Waals surface area contributed by atoms with Gasteiger partial charge in [0.25, 0.3) is 11.8 Å². The topological polar surface area (TPSA) is 95.7 Å². The van der Waals surface area contributed by atoms with Crippen LogP contribution in [0.25, 0.3) is 5.65 Å². The number of carbonyl (C=O) groups is 2. The van der Waals surface area contributed by atoms with Crippen molar-refractivity contribution < 1.29 is 9.59 Å². The van der Waals surface area contributed by atoms with Crippen LogP contribution in [0.15, 0.2) is 43.0 Å². The molecule has 3 aromatic rings. The lowest BCUT2D eigenvalue weighted by Crippen LogP contribution is -2.67. The van der Waals surface area contributed by atoms with Gasteiger partial charge in [0.2, 0.25) is 0 Å². The number of pyridine rings is 1. The van der Waals surface area contributed by atoms with Crippen molar-refractivity contribution in [2.45, 2.75) is 18.5 Å². The molecule has 0 radical (unpaired) electrons. The van der Waals surface area contributed by atoms with Crippen molar-refractivity contribution in [1.29, 1.82) is 0 Å². The molecule has 1 saturated heterocycles. The first-order valence-electron chi connectivity index (χ1n) is 9.18. The summed E-state index contributed by atoms with van der Waals surface area (Å²) in [6.07, 6.45) is 7.90. The third-order valence-electron chi connectivity index (χ3n) is 5.72. The zero-order chi connectivity index (χ0) is 19.3. The normalized spacial score (nSPS) is 18.2. The average molecular weight is 377 g/mol. The number of likely N-dealkylation sites (tertiary alicyclic amines) is 1. The lowest BCUT2D eigenvalue weighted by Gasteiger charge is -2.50. The van der Waals surface area contributed by atoms with Gasteiger partial charge in [0.15, 0.2) is 5.65 Å². The monoisotopic (exact) mass is 377 g/mol. The molecule has 2 amide bonds. The second kappa shape index (κ2) is 6.01. The Morgan fingerprint density at radius 3 is 2.79 bits per heavy atom. The molecule has 28 heavy (non-hydrogen) atoms. The summed E-state index contributed by atoms with van der Waals surface area (Å²) in [6, 6.07) is 5.31. The Balaban J connectivity index is 1.38. The van der Waals surface area contributed by atoms with Crippen molar-refractivity contribution in [3.8, 4) is 0 Å². The summed E-state index contributed by atoms with van der Waals surface area (Å²) in [5.74, 6) is 0.470. The van der Waals surface area contributed by atoms with E-state index in [2.05, 4.69) is 20.4 Å². The van der Waals surface area contributed by atoms with Gasteiger partial charge in [-0.05, 0) is 18.2 Å². The predicted molar refractivity (Wildman–Crippen MR) is 101 cm³/mol. The van der Waals surface area contributed by atoms with Gasteiger partial charge in [-0.1, -0.05) is 0 Å². The Hall–Kier alpha value is -3.49. The molecular weight excluding hydrogens is 358 g/mol. The van der Waals surface area contributed by atoms with Gasteiger partial charge in [0.1, 0.15) is 17.0 Å². The molecule has 2 aliphatic heterocycles. The van der Waals surface area contributed by atoms with E-state index in [1.165, 1.54) is 0 Å². The maximum atomic E-state index is 13.0. The van der Waals surface area contributed by atoms with Crippen molar-refractivity contribution in [2.24, 2.45) is 0 Å². The Labute approximate surface area is 161 Å². The Bertz CT molecular complexity index is 1080. The molecule has 3 aromatic heterocycles. The summed E-state index contributed by atoms with van der Waals surface area (Å²) in [7, 11) is 1.94. The largest absolute Gasteiger partial charge is 0.338 e. The van der Waals surface area contributed by atoms with Crippen LogP contribution in [-0.4, -0.2) is 62.1 Å². The zero-order valence-corrected chi connectivity index (χ0v) is 15.4. The Kier molecular flexibility index (Phi) is 3.58. The number of hydrogen-bond donors (Lipinski definition) is 1. The molecule has 2 aliphatic rings. The van der Waals surface area contributed by atoms with Crippen LogP contribution in [0.1, 0.15) is 33.6 Å². The summed E-state index contributed by atoms with van der Waals surface area (Å²) < 4.78 is 1.59. The van der Waals surface area contributed by atoms with Gasteiger partial charge in [-0.25, -0.2) is 14.5 Å². The van der Waals surface area contributed by atoms with E-state index in [1.807, 2.05) is 11.9 Å². The number of amides is 2. The average Bonchev–Trinajstić information content (AvgIpc) is 3.16. The highest BCUT2D eigenvalue weighted by atomic mass is 16.2. The number of nitrogens with zero attached hydrogens (tertiary/aromatic N) is 6. The van der Waals surface area contributed by atoms with Crippen molar-refractivity contribution in [2.75, 3.05) is 25.0 Å². The van der Waals surface area contributed by atoms with Crippen LogP contribution in [0.2, 0.25) is 0 Å². The van der Waals surface area contributed by atoms with Crippen LogP contribution >= 0.6 is 0 Å². The van der Waals surface area contributed by atoms with E-state index in [0.717, 1.165) is 0 Å². The maximum absolute atomic E-state index is 13.0. The fourth-order valence-corrected chi connectivity index (χ4v) is 4.10. The first kappa shape index (κ1) is 16.7. The van der Waals surface area contributed by atoms with Crippen molar-refractivity contribution in [3.05, 3.63) is 54.1 Å². The minimum atomic E-state index is -0.533. The highest BCUT2D eigenvalue weighted by molar-refractivity contribution is 6.02. The zero-order valence-electron chi connectivity index (χ0n) is 15.4. The summed E-state index contributed by atoms with van der Waals surface area (Å²) in [6.45, 7) is 1.05. The van der Waals surface area contributed by atoms with Crippen LogP contribution in [0.4, 0.5) is 5.82 Å². The Morgan fingerprint density at radius 1 is 1.18 bits per heavy atom. The van der Waals surface area contributed by atoms with Gasteiger partial charge in [-0.3, -0.25) is 9.59 Å². The lowest BCUT2D eigenvalue weighted by atomic mass is 9.91. The molecule has 1 spiro atoms. The highest BCUT2D eigenvalue weighted by Crippen LogP contribution is 2.35. The predicted octanol–water partition coefficient (Wildman–Crippen LogP) is 0.936. The van der Waals surface area contributed by atoms with E-state index in [9.17, 15) is 9.59 Å². The van der Waals surface area contributed by atoms with E-state index in [-0.39, 0.29) is 11.8 Å². The van der Waals surface area contributed by atoms with Crippen molar-refractivity contribution in [3.63, 3.8) is 0 Å². The SMILES string of the molecule is CN1c2ncccc2C(=O)NC12CCN(C(=O)c1cnn3cccnc13)CC2. The second-order valence-electron chi connectivity index (χ2n) is 7.16. The number of hydrogen-bond acceptors (Lipinski definition) is 6. The first-order valence-corrected chi connectivity index (χ1v) is 9.18. The maximum Gasteiger partial charge on any atom is 0.259 e. The number of aromatic nitrogens is 4. The molecule has 9 heteroatoms. The van der Waals surface area contributed by atoms with Gasteiger partial charge < -0.3 is 15.1 Å². The molecule has 5 heterocycles. The first-order chi connectivity index (χ1) is 13.6. The molecule has 1 fully saturated rings. The molecule has 0 saturated carbocycles. The number of rotatable bonds is 1. The number of fused-ring (bicyclic) bond motifs is 2. The summed E-state index contributed by atoms with van der Waals surface area (Å²) in [4.78, 5) is 38.1. The molecule has 9 nitrogen and oxygen atoms in total. The quantitative estimate of drug-likeness (QED) is 0.678. The third kappa shape index (κ3) is 2.35. The van der Waals surface area contributed by atoms with Crippen LogP contribution in [0, 0.1) is 0 Å². The fraction of sp³-hybridized carbons (Fsp3) is 0.316. The standard InChI is InChI=1S/C19H19N7O2/c1-24-15-13(4-2-7-20-15)17(27)23-19(24)5-10-25(11-6-19)18(28)14-12-22-26-9-3-8-21-16(14)26/h2-4,7-9,12H,5-6,10-11H2,1H3,(H,23,27). The van der Waals surface area contributed by atoms with Crippen LogP contribution in [-0.2, 0) is 0 Å². The minimum absolute atomic E-state index is 0.0909. The van der Waals surface area contributed by atoms with Crippen molar-refractivity contribution in [1.82, 2.24) is 29.8 Å². The molecule has 0 atom stereocenters. The smallest absolute Gasteiger partial charge is 0.259 e. The van der Waals surface area contributed by atoms with E-state index in [4.69, 9.17) is 0 Å². The molecule has 5 rings (SSSR count). The third-order valence-corrected chi connectivity index (χ3v) is 5.72. The molecule has 0 bridgehead atoms. The molecular formula is C19H19N7O2. The molecule has 142 valence electrons. The summed E-state index contributed by atoms with van der Waals surface area (Å²) >= 11 is 0. The molecule has 0 aromatic carbocycles. The van der Waals surface area contributed by atoms with Gasteiger partial charge in [0, 0.05) is 51.6 Å². The van der Waals surface area contributed by atoms with Crippen LogP contribution in [0.3, 0.4) is 0 Å². The van der Waals surface area contributed by atoms with E-state index in [0.29, 0.717) is 48.5 Å². The molecule has 0 aliphatic carbocycles. The van der Waals surface area contributed by atoms with Crippen LogP contribution in [0.5, 0.6) is 0 Å². The number of piperidine rings is 1. The van der Waals surface area contributed by atoms with Gasteiger partial charge in [-0.15, -0.1) is 0 Å². The van der Waals surface area contributed by atoms with E-state index < -0.39 is 5.66 Å². The highest BCUT2D eigenvalue weighted by Gasteiger charge is 2.45. The second-order valence-corrected chi connectivity index (χ2v) is 7.16. The van der Waals surface area contributed by atoms with Crippen molar-refractivity contribution >= 4 is 23.3 Å². The lowest BCUT2D eigenvalue weighted by molar-refractivity contribution is 0.0609. The van der Waals surface area contributed by atoms with Crippen LogP contribution < -0.4 is 10.2 Å².